The van der Waals surface area contributed by atoms with Gasteiger partial charge in [0, 0.05) is 5.92 Å². The van der Waals surface area contributed by atoms with E-state index < -0.39 is 44.1 Å². The highest BCUT2D eigenvalue weighted by Crippen LogP contribution is 2.56. The van der Waals surface area contributed by atoms with Crippen LogP contribution in [0.2, 0.25) is 0 Å². The summed E-state index contributed by atoms with van der Waals surface area (Å²) in [6.07, 6.45) is -0.468. The molecule has 3 unspecified atom stereocenters. The minimum atomic E-state index is -3.99. The maximum absolute atomic E-state index is 13.4. The number of rotatable bonds is 5. The molecule has 3 rings (SSSR count). The van der Waals surface area contributed by atoms with E-state index in [2.05, 4.69) is 5.32 Å². The van der Waals surface area contributed by atoms with E-state index in [1.54, 1.807) is 32.9 Å². The Labute approximate surface area is 175 Å². The Kier molecular flexibility index (Phi) is 5.49. The summed E-state index contributed by atoms with van der Waals surface area (Å²) in [5, 5.41) is 1.22. The number of carbonyl (C=O) groups excluding carboxylic acids is 2. The van der Waals surface area contributed by atoms with E-state index in [-0.39, 0.29) is 4.90 Å². The van der Waals surface area contributed by atoms with Crippen LogP contribution in [0.4, 0.5) is 9.18 Å². The van der Waals surface area contributed by atoms with Gasteiger partial charge < -0.3 is 14.8 Å². The highest BCUT2D eigenvalue weighted by atomic mass is 32.2. The van der Waals surface area contributed by atoms with Gasteiger partial charge in [-0.1, -0.05) is 29.8 Å². The average molecular weight is 434 g/mol. The minimum Gasteiger partial charge on any atom is -0.444 e. The van der Waals surface area contributed by atoms with Crippen LogP contribution in [-0.4, -0.2) is 37.2 Å². The average Bonchev–Trinajstić information content (AvgIpc) is 3.30. The lowest BCUT2D eigenvalue weighted by Crippen LogP contribution is -2.45. The minimum absolute atomic E-state index is 0.0416. The zero-order valence-electron chi connectivity index (χ0n) is 17.2. The highest BCUT2D eigenvalue weighted by molar-refractivity contribution is 7.92. The molecular formula is C22H24FNO5S. The molecule has 1 aliphatic rings. The molecule has 1 N–H and O–H groups in total. The van der Waals surface area contributed by atoms with Crippen LogP contribution in [-0.2, 0) is 19.4 Å². The van der Waals surface area contributed by atoms with Crippen LogP contribution in [0, 0.1) is 12.7 Å². The molecule has 1 aliphatic carbocycles. The molecular weight excluding hydrogens is 409 g/mol. The van der Waals surface area contributed by atoms with Crippen molar-refractivity contribution in [3.05, 3.63) is 65.5 Å². The maximum atomic E-state index is 13.4. The van der Waals surface area contributed by atoms with Crippen molar-refractivity contribution in [1.82, 2.24) is 5.32 Å². The number of aryl methyl sites for hydroxylation is 1. The van der Waals surface area contributed by atoms with Crippen LogP contribution in [0.25, 0.3) is 0 Å². The molecule has 0 radical (unpaired) electrons. The van der Waals surface area contributed by atoms with E-state index in [1.807, 2.05) is 6.92 Å². The van der Waals surface area contributed by atoms with Crippen molar-refractivity contribution in [2.24, 2.45) is 0 Å². The SMILES string of the molecule is Cc1ccc(S(=O)(=O)C2C(c3ccc(F)cc3)C2(C=O)NC(=O)OC(C)(C)C)cc1. The summed E-state index contributed by atoms with van der Waals surface area (Å²) in [5.41, 5.74) is -1.24. The molecule has 3 atom stereocenters. The third-order valence-corrected chi connectivity index (χ3v) is 7.26. The lowest BCUT2D eigenvalue weighted by molar-refractivity contribution is -0.110. The van der Waals surface area contributed by atoms with Gasteiger partial charge in [-0.2, -0.15) is 0 Å². The Morgan fingerprint density at radius 2 is 1.67 bits per heavy atom. The van der Waals surface area contributed by atoms with Crippen molar-refractivity contribution in [2.45, 2.75) is 54.9 Å². The number of hydrogen-bond donors (Lipinski definition) is 1. The first kappa shape index (κ1) is 22.0. The molecule has 0 aliphatic heterocycles. The molecule has 0 saturated heterocycles. The molecule has 160 valence electrons. The van der Waals surface area contributed by atoms with Crippen molar-refractivity contribution in [2.75, 3.05) is 0 Å². The number of hydrogen-bond acceptors (Lipinski definition) is 5. The van der Waals surface area contributed by atoms with Crippen LogP contribution in [0.3, 0.4) is 0 Å². The summed E-state index contributed by atoms with van der Waals surface area (Å²) in [6, 6.07) is 11.5. The summed E-state index contributed by atoms with van der Waals surface area (Å²) in [4.78, 5) is 24.6. The van der Waals surface area contributed by atoms with E-state index >= 15 is 0 Å². The van der Waals surface area contributed by atoms with Crippen LogP contribution < -0.4 is 5.32 Å². The predicted molar refractivity (Wildman–Crippen MR) is 109 cm³/mol. The van der Waals surface area contributed by atoms with Crippen LogP contribution in [0.15, 0.2) is 53.4 Å². The van der Waals surface area contributed by atoms with Crippen LogP contribution in [0.5, 0.6) is 0 Å². The smallest absolute Gasteiger partial charge is 0.408 e. The van der Waals surface area contributed by atoms with Gasteiger partial charge in [-0.25, -0.2) is 17.6 Å². The standard InChI is InChI=1S/C22H24FNO5S/c1-14-5-11-17(12-6-14)30(27,28)19-18(15-7-9-16(23)10-8-15)22(19,13-25)24-20(26)29-21(2,3)4/h5-13,18-19H,1-4H3,(H,24,26). The van der Waals surface area contributed by atoms with Gasteiger partial charge in [0.2, 0.25) is 0 Å². The van der Waals surface area contributed by atoms with Crippen molar-refractivity contribution >= 4 is 22.2 Å². The van der Waals surface area contributed by atoms with Crippen LogP contribution in [0.1, 0.15) is 37.8 Å². The summed E-state index contributed by atoms with van der Waals surface area (Å²) < 4.78 is 45.4. The summed E-state index contributed by atoms with van der Waals surface area (Å²) in [7, 11) is -3.99. The monoisotopic (exact) mass is 433 g/mol. The predicted octanol–water partition coefficient (Wildman–Crippen LogP) is 3.54. The third kappa shape index (κ3) is 4.09. The lowest BCUT2D eigenvalue weighted by atomic mass is 10.1. The zero-order valence-corrected chi connectivity index (χ0v) is 18.0. The second kappa shape index (κ2) is 7.50. The molecule has 6 nitrogen and oxygen atoms in total. The van der Waals surface area contributed by atoms with E-state index in [4.69, 9.17) is 4.74 Å². The van der Waals surface area contributed by atoms with Crippen LogP contribution >= 0.6 is 0 Å². The number of nitrogens with one attached hydrogen (secondary N) is 1. The van der Waals surface area contributed by atoms with Gasteiger partial charge in [0.05, 0.1) is 4.90 Å². The molecule has 0 spiro atoms. The van der Waals surface area contributed by atoms with E-state index in [1.165, 1.54) is 36.4 Å². The summed E-state index contributed by atoms with van der Waals surface area (Å²) in [6.45, 7) is 6.80. The first-order valence-electron chi connectivity index (χ1n) is 9.44. The van der Waals surface area contributed by atoms with Gasteiger partial charge in [0.1, 0.15) is 28.5 Å². The van der Waals surface area contributed by atoms with Gasteiger partial charge in [-0.15, -0.1) is 0 Å². The summed E-state index contributed by atoms with van der Waals surface area (Å²) in [5.74, 6) is -1.37. The molecule has 2 aromatic rings. The Balaban J connectivity index is 2.04. The number of alkyl carbamates (subject to hydrolysis) is 1. The number of carbonyl (C=O) groups is 2. The third-order valence-electron chi connectivity index (χ3n) is 5.00. The van der Waals surface area contributed by atoms with Gasteiger partial charge in [0.25, 0.3) is 0 Å². The molecule has 0 heterocycles. The second-order valence-electron chi connectivity index (χ2n) is 8.49. The molecule has 8 heteroatoms. The van der Waals surface area contributed by atoms with Gasteiger partial charge in [-0.05, 0) is 57.5 Å². The quantitative estimate of drug-likeness (QED) is 0.729. The number of sulfone groups is 1. The molecule has 2 aromatic carbocycles. The molecule has 1 saturated carbocycles. The fraction of sp³-hybridized carbons (Fsp3) is 0.364. The Morgan fingerprint density at radius 1 is 1.10 bits per heavy atom. The normalized spacial score (nSPS) is 23.5. The Bertz CT molecular complexity index is 1060. The highest BCUT2D eigenvalue weighted by Gasteiger charge is 2.73. The molecule has 0 bridgehead atoms. The number of amides is 1. The summed E-state index contributed by atoms with van der Waals surface area (Å²) >= 11 is 0. The number of aldehydes is 1. The van der Waals surface area contributed by atoms with E-state index in [0.717, 1.165) is 5.56 Å². The lowest BCUT2D eigenvalue weighted by Gasteiger charge is -2.22. The van der Waals surface area contributed by atoms with Crippen molar-refractivity contribution in [3.63, 3.8) is 0 Å². The Hall–Kier alpha value is -2.74. The Morgan fingerprint density at radius 3 is 2.17 bits per heavy atom. The fourth-order valence-electron chi connectivity index (χ4n) is 3.60. The van der Waals surface area contributed by atoms with E-state index in [0.29, 0.717) is 11.8 Å². The first-order chi connectivity index (χ1) is 13.9. The number of halogens is 1. The first-order valence-corrected chi connectivity index (χ1v) is 11.0. The molecule has 1 fully saturated rings. The molecule has 0 aromatic heterocycles. The maximum Gasteiger partial charge on any atom is 0.408 e. The molecule has 30 heavy (non-hydrogen) atoms. The van der Waals surface area contributed by atoms with Crippen molar-refractivity contribution in [3.8, 4) is 0 Å². The topological polar surface area (TPSA) is 89.5 Å². The van der Waals surface area contributed by atoms with Crippen molar-refractivity contribution in [1.29, 1.82) is 0 Å². The zero-order chi connectivity index (χ0) is 22.3. The van der Waals surface area contributed by atoms with E-state index in [9.17, 15) is 22.4 Å². The van der Waals surface area contributed by atoms with Gasteiger partial charge in [0.15, 0.2) is 9.84 Å². The largest absolute Gasteiger partial charge is 0.444 e. The second-order valence-corrected chi connectivity index (χ2v) is 10.6. The number of ether oxygens (including phenoxy) is 1. The number of benzene rings is 2. The van der Waals surface area contributed by atoms with Gasteiger partial charge >= 0.3 is 6.09 Å². The van der Waals surface area contributed by atoms with Crippen molar-refractivity contribution < 1.29 is 27.1 Å². The fourth-order valence-corrected chi connectivity index (χ4v) is 5.85. The molecule has 1 amide bonds. The van der Waals surface area contributed by atoms with Gasteiger partial charge in [-0.3, -0.25) is 0 Å².